The van der Waals surface area contributed by atoms with Crippen LogP contribution in [0.15, 0.2) is 22.7 Å². The van der Waals surface area contributed by atoms with E-state index in [2.05, 4.69) is 21.2 Å². The van der Waals surface area contributed by atoms with E-state index in [-0.39, 0.29) is 0 Å². The number of hydrogen-bond donors (Lipinski definition) is 3. The van der Waals surface area contributed by atoms with Gasteiger partial charge in [-0.05, 0) is 37.5 Å². The van der Waals surface area contributed by atoms with Gasteiger partial charge in [-0.1, -0.05) is 35.2 Å². The summed E-state index contributed by atoms with van der Waals surface area (Å²) in [5.74, 6) is 0. The number of rotatable bonds is 4. The van der Waals surface area contributed by atoms with E-state index in [1.807, 2.05) is 18.2 Å². The van der Waals surface area contributed by atoms with E-state index in [1.54, 1.807) is 0 Å². The molecule has 3 nitrogen and oxygen atoms in total. The molecule has 18 heavy (non-hydrogen) atoms. The molecular formula is C14H21BrN2O. The summed E-state index contributed by atoms with van der Waals surface area (Å²) < 4.78 is 0.983. The van der Waals surface area contributed by atoms with Crippen molar-refractivity contribution in [3.63, 3.8) is 0 Å². The Morgan fingerprint density at radius 1 is 1.28 bits per heavy atom. The van der Waals surface area contributed by atoms with Crippen molar-refractivity contribution in [1.29, 1.82) is 0 Å². The van der Waals surface area contributed by atoms with Gasteiger partial charge in [0.2, 0.25) is 0 Å². The largest absolute Gasteiger partial charge is 0.397 e. The van der Waals surface area contributed by atoms with Crippen LogP contribution in [-0.2, 0) is 0 Å². The van der Waals surface area contributed by atoms with Crippen molar-refractivity contribution in [2.75, 3.05) is 17.6 Å². The zero-order chi connectivity index (χ0) is 13.0. The number of anilines is 2. The van der Waals surface area contributed by atoms with Gasteiger partial charge in [0.25, 0.3) is 0 Å². The number of aliphatic hydroxyl groups is 1. The van der Waals surface area contributed by atoms with E-state index in [9.17, 15) is 5.11 Å². The first-order valence-corrected chi connectivity index (χ1v) is 7.40. The first-order chi connectivity index (χ1) is 8.59. The van der Waals surface area contributed by atoms with Crippen LogP contribution in [0.3, 0.4) is 0 Å². The lowest BCUT2D eigenvalue weighted by molar-refractivity contribution is -0.000544. The minimum absolute atomic E-state index is 0.463. The predicted octanol–water partition coefficient (Wildman–Crippen LogP) is 3.53. The number of halogens is 1. The van der Waals surface area contributed by atoms with Crippen molar-refractivity contribution < 1.29 is 5.11 Å². The summed E-state index contributed by atoms with van der Waals surface area (Å²) in [5.41, 5.74) is 7.13. The van der Waals surface area contributed by atoms with Crippen LogP contribution in [-0.4, -0.2) is 17.3 Å². The van der Waals surface area contributed by atoms with Crippen molar-refractivity contribution in [1.82, 2.24) is 0 Å². The first-order valence-electron chi connectivity index (χ1n) is 6.60. The Morgan fingerprint density at radius 3 is 2.67 bits per heavy atom. The Bertz CT molecular complexity index is 403. The molecule has 0 aromatic heterocycles. The van der Waals surface area contributed by atoms with Crippen LogP contribution in [0.1, 0.15) is 38.5 Å². The van der Waals surface area contributed by atoms with Gasteiger partial charge in [-0.15, -0.1) is 0 Å². The molecule has 0 heterocycles. The minimum Gasteiger partial charge on any atom is -0.397 e. The maximum absolute atomic E-state index is 10.4. The third-order valence-electron chi connectivity index (χ3n) is 3.70. The molecule has 0 unspecified atom stereocenters. The topological polar surface area (TPSA) is 58.3 Å². The molecule has 0 spiro atoms. The van der Waals surface area contributed by atoms with Gasteiger partial charge in [0.05, 0.1) is 17.0 Å². The molecule has 4 N–H and O–H groups in total. The first kappa shape index (κ1) is 13.7. The highest BCUT2D eigenvalue weighted by atomic mass is 79.9. The van der Waals surface area contributed by atoms with E-state index in [1.165, 1.54) is 6.42 Å². The molecule has 4 heteroatoms. The van der Waals surface area contributed by atoms with Gasteiger partial charge in [-0.2, -0.15) is 0 Å². The summed E-state index contributed by atoms with van der Waals surface area (Å²) in [6.07, 6.45) is 6.22. The normalized spacial score (nSPS) is 18.6. The molecule has 0 aliphatic heterocycles. The number of nitrogens with one attached hydrogen (secondary N) is 1. The average Bonchev–Trinajstić information content (AvgIpc) is 2.33. The van der Waals surface area contributed by atoms with Crippen molar-refractivity contribution in [3.8, 4) is 0 Å². The lowest BCUT2D eigenvalue weighted by atomic mass is 9.82. The monoisotopic (exact) mass is 312 g/mol. The lowest BCUT2D eigenvalue weighted by Gasteiger charge is -2.32. The van der Waals surface area contributed by atoms with Crippen LogP contribution in [0.4, 0.5) is 11.4 Å². The van der Waals surface area contributed by atoms with Gasteiger partial charge in [0.1, 0.15) is 0 Å². The molecule has 1 aliphatic rings. The Labute approximate surface area is 117 Å². The Balaban J connectivity index is 1.84. The highest BCUT2D eigenvalue weighted by Gasteiger charge is 2.28. The number of nitrogens with two attached hydrogens (primary N) is 1. The molecule has 0 atom stereocenters. The average molecular weight is 313 g/mol. The molecular weight excluding hydrogens is 292 g/mol. The number of nitrogen functional groups attached to an aromatic ring is 1. The van der Waals surface area contributed by atoms with E-state index in [4.69, 9.17) is 5.73 Å². The predicted molar refractivity (Wildman–Crippen MR) is 79.7 cm³/mol. The second-order valence-electron chi connectivity index (χ2n) is 5.19. The van der Waals surface area contributed by atoms with Gasteiger partial charge >= 0.3 is 0 Å². The van der Waals surface area contributed by atoms with Crippen molar-refractivity contribution in [2.24, 2.45) is 0 Å². The Kier molecular flexibility index (Phi) is 4.51. The van der Waals surface area contributed by atoms with Gasteiger partial charge in [-0.3, -0.25) is 0 Å². The Hall–Kier alpha value is -0.740. The molecule has 2 rings (SSSR count). The number of hydrogen-bond acceptors (Lipinski definition) is 3. The third-order valence-corrected chi connectivity index (χ3v) is 4.20. The fourth-order valence-corrected chi connectivity index (χ4v) is 2.96. The van der Waals surface area contributed by atoms with Gasteiger partial charge in [0.15, 0.2) is 0 Å². The summed E-state index contributed by atoms with van der Waals surface area (Å²) in [4.78, 5) is 0. The van der Waals surface area contributed by atoms with Gasteiger partial charge in [-0.25, -0.2) is 0 Å². The molecule has 100 valence electrons. The summed E-state index contributed by atoms with van der Waals surface area (Å²) in [7, 11) is 0. The van der Waals surface area contributed by atoms with Crippen molar-refractivity contribution in [2.45, 2.75) is 44.1 Å². The summed E-state index contributed by atoms with van der Waals surface area (Å²) in [6, 6.07) is 5.82. The summed E-state index contributed by atoms with van der Waals surface area (Å²) in [5, 5.41) is 13.7. The highest BCUT2D eigenvalue weighted by Crippen LogP contribution is 2.31. The standard InChI is InChI=1S/C14H21BrN2O/c15-11-4-5-13(12(16)10-11)17-9-8-14(18)6-2-1-3-7-14/h4-5,10,17-18H,1-3,6-9,16H2. The SMILES string of the molecule is Nc1cc(Br)ccc1NCCC1(O)CCCCC1. The molecule has 0 radical (unpaired) electrons. The van der Waals surface area contributed by atoms with Crippen molar-refractivity contribution in [3.05, 3.63) is 22.7 Å². The van der Waals surface area contributed by atoms with Crippen LogP contribution < -0.4 is 11.1 Å². The summed E-state index contributed by atoms with van der Waals surface area (Å²) in [6.45, 7) is 0.766. The quantitative estimate of drug-likeness (QED) is 0.745. The van der Waals surface area contributed by atoms with Crippen LogP contribution in [0.25, 0.3) is 0 Å². The molecule has 0 amide bonds. The van der Waals surface area contributed by atoms with Crippen LogP contribution in [0.5, 0.6) is 0 Å². The maximum atomic E-state index is 10.4. The fourth-order valence-electron chi connectivity index (χ4n) is 2.58. The van der Waals surface area contributed by atoms with E-state index >= 15 is 0 Å². The second-order valence-corrected chi connectivity index (χ2v) is 6.11. The Morgan fingerprint density at radius 2 is 2.00 bits per heavy atom. The van der Waals surface area contributed by atoms with Crippen molar-refractivity contribution >= 4 is 27.3 Å². The molecule has 1 aliphatic carbocycles. The van der Waals surface area contributed by atoms with Crippen LogP contribution in [0.2, 0.25) is 0 Å². The maximum Gasteiger partial charge on any atom is 0.0664 e. The van der Waals surface area contributed by atoms with E-state index in [0.717, 1.165) is 54.5 Å². The van der Waals surface area contributed by atoms with Gasteiger partial charge in [0, 0.05) is 11.0 Å². The molecule has 1 saturated carbocycles. The smallest absolute Gasteiger partial charge is 0.0664 e. The van der Waals surface area contributed by atoms with Crippen LogP contribution in [0, 0.1) is 0 Å². The lowest BCUT2D eigenvalue weighted by Crippen LogP contribution is -2.33. The third kappa shape index (κ3) is 3.62. The minimum atomic E-state index is -0.463. The fraction of sp³-hybridized carbons (Fsp3) is 0.571. The molecule has 0 bridgehead atoms. The van der Waals surface area contributed by atoms with E-state index < -0.39 is 5.60 Å². The van der Waals surface area contributed by atoms with Gasteiger partial charge < -0.3 is 16.2 Å². The van der Waals surface area contributed by atoms with Crippen LogP contribution >= 0.6 is 15.9 Å². The molecule has 1 aromatic rings. The number of benzene rings is 1. The summed E-state index contributed by atoms with van der Waals surface area (Å²) >= 11 is 3.39. The molecule has 0 saturated heterocycles. The zero-order valence-electron chi connectivity index (χ0n) is 10.6. The molecule has 1 aromatic carbocycles. The second kappa shape index (κ2) is 5.93. The highest BCUT2D eigenvalue weighted by molar-refractivity contribution is 9.10. The zero-order valence-corrected chi connectivity index (χ0v) is 12.2. The molecule has 1 fully saturated rings. The van der Waals surface area contributed by atoms with E-state index in [0.29, 0.717) is 0 Å².